The summed E-state index contributed by atoms with van der Waals surface area (Å²) in [6.07, 6.45) is -0.151. The van der Waals surface area contributed by atoms with Crippen LogP contribution in [0, 0.1) is 24.5 Å². The Bertz CT molecular complexity index is 395. The lowest BCUT2D eigenvalue weighted by Crippen LogP contribution is -2.32. The van der Waals surface area contributed by atoms with E-state index in [1.165, 1.54) is 19.1 Å². The molecule has 0 saturated carbocycles. The van der Waals surface area contributed by atoms with E-state index in [0.29, 0.717) is 0 Å². The Kier molecular flexibility index (Phi) is 4.60. The summed E-state index contributed by atoms with van der Waals surface area (Å²) in [4.78, 5) is 0. The molecule has 0 aliphatic rings. The first-order valence-electron chi connectivity index (χ1n) is 5.78. The highest BCUT2D eigenvalue weighted by atomic mass is 19.2. The number of nitrogens with two attached hydrogens (primary N) is 1. The maximum Gasteiger partial charge on any atom is 0.163 e. The van der Waals surface area contributed by atoms with E-state index in [2.05, 4.69) is 0 Å². The molecule has 2 nitrogen and oxygen atoms in total. The molecule has 0 aromatic heterocycles. The normalized spacial score (nSPS) is 16.6. The average Bonchev–Trinajstić information content (AvgIpc) is 2.33. The molecule has 3 N–H and O–H groups in total. The van der Waals surface area contributed by atoms with E-state index in [4.69, 9.17) is 5.73 Å². The van der Waals surface area contributed by atoms with Crippen molar-refractivity contribution in [3.63, 3.8) is 0 Å². The van der Waals surface area contributed by atoms with Crippen molar-refractivity contribution in [1.82, 2.24) is 0 Å². The molecule has 1 aromatic rings. The van der Waals surface area contributed by atoms with Crippen LogP contribution in [0.1, 0.15) is 37.4 Å². The Balaban J connectivity index is 3.04. The van der Waals surface area contributed by atoms with Gasteiger partial charge in [-0.2, -0.15) is 0 Å². The Morgan fingerprint density at radius 3 is 2.41 bits per heavy atom. The number of aryl methyl sites for hydroxylation is 1. The summed E-state index contributed by atoms with van der Waals surface area (Å²) in [5, 5.41) is 9.91. The molecule has 0 fully saturated rings. The summed E-state index contributed by atoms with van der Waals surface area (Å²) in [5.74, 6) is -1.91. The van der Waals surface area contributed by atoms with Gasteiger partial charge in [0, 0.05) is 5.56 Å². The Hall–Kier alpha value is -1.00. The second-order valence-corrected chi connectivity index (χ2v) is 4.50. The first-order valence-corrected chi connectivity index (χ1v) is 5.78. The van der Waals surface area contributed by atoms with Crippen molar-refractivity contribution in [2.45, 2.75) is 39.3 Å². The molecule has 17 heavy (non-hydrogen) atoms. The number of aliphatic hydroxyl groups excluding tert-OH is 1. The van der Waals surface area contributed by atoms with Gasteiger partial charge in [-0.3, -0.25) is 0 Å². The number of rotatable bonds is 4. The van der Waals surface area contributed by atoms with Crippen LogP contribution in [0.2, 0.25) is 0 Å². The van der Waals surface area contributed by atoms with Gasteiger partial charge in [-0.15, -0.1) is 0 Å². The molecule has 0 heterocycles. The van der Waals surface area contributed by atoms with Crippen molar-refractivity contribution in [1.29, 1.82) is 0 Å². The number of hydrogen-bond donors (Lipinski definition) is 2. The van der Waals surface area contributed by atoms with E-state index in [0.717, 1.165) is 6.42 Å². The van der Waals surface area contributed by atoms with Gasteiger partial charge in [0.05, 0.1) is 12.1 Å². The predicted octanol–water partition coefficient (Wildman–Crippen LogP) is 2.68. The van der Waals surface area contributed by atoms with E-state index in [9.17, 15) is 13.9 Å². The van der Waals surface area contributed by atoms with Crippen LogP contribution in [0.25, 0.3) is 0 Å². The monoisotopic (exact) mass is 243 g/mol. The standard InChI is InChI=1S/C13H19F2NO/c1-4-7(2)13(17)12(16)9-6-5-8(3)10(14)11(9)15/h5-7,12-13,17H,4,16H2,1-3H3/t7?,12-,13+/m1/s1. The van der Waals surface area contributed by atoms with Gasteiger partial charge < -0.3 is 10.8 Å². The molecule has 3 atom stereocenters. The largest absolute Gasteiger partial charge is 0.391 e. The molecule has 0 saturated heterocycles. The van der Waals surface area contributed by atoms with E-state index in [-0.39, 0.29) is 17.0 Å². The third-order valence-electron chi connectivity index (χ3n) is 3.26. The Morgan fingerprint density at radius 2 is 1.88 bits per heavy atom. The predicted molar refractivity (Wildman–Crippen MR) is 63.5 cm³/mol. The maximum absolute atomic E-state index is 13.7. The van der Waals surface area contributed by atoms with Crippen LogP contribution in [-0.4, -0.2) is 11.2 Å². The second-order valence-electron chi connectivity index (χ2n) is 4.50. The van der Waals surface area contributed by atoms with Crippen molar-refractivity contribution < 1.29 is 13.9 Å². The Morgan fingerprint density at radius 1 is 1.29 bits per heavy atom. The first kappa shape index (κ1) is 14.1. The molecule has 0 aliphatic heterocycles. The zero-order valence-corrected chi connectivity index (χ0v) is 10.4. The molecule has 96 valence electrons. The highest BCUT2D eigenvalue weighted by molar-refractivity contribution is 5.28. The van der Waals surface area contributed by atoms with Crippen molar-refractivity contribution in [3.8, 4) is 0 Å². The molecule has 0 radical (unpaired) electrons. The summed E-state index contributed by atoms with van der Waals surface area (Å²) in [6.45, 7) is 5.22. The van der Waals surface area contributed by atoms with Gasteiger partial charge >= 0.3 is 0 Å². The van der Waals surface area contributed by atoms with Crippen LogP contribution in [0.15, 0.2) is 12.1 Å². The molecular weight excluding hydrogens is 224 g/mol. The topological polar surface area (TPSA) is 46.2 Å². The van der Waals surface area contributed by atoms with E-state index >= 15 is 0 Å². The zero-order chi connectivity index (χ0) is 13.2. The summed E-state index contributed by atoms with van der Waals surface area (Å²) in [7, 11) is 0. The maximum atomic E-state index is 13.7. The van der Waals surface area contributed by atoms with Gasteiger partial charge in [-0.25, -0.2) is 8.78 Å². The highest BCUT2D eigenvalue weighted by Gasteiger charge is 2.25. The van der Waals surface area contributed by atoms with Crippen LogP contribution < -0.4 is 5.73 Å². The Labute approximate surface area is 100 Å². The molecule has 1 aromatic carbocycles. The molecule has 1 unspecified atom stereocenters. The highest BCUT2D eigenvalue weighted by Crippen LogP contribution is 2.26. The molecule has 0 spiro atoms. The van der Waals surface area contributed by atoms with Crippen LogP contribution in [0.3, 0.4) is 0 Å². The van der Waals surface area contributed by atoms with E-state index in [1.54, 1.807) is 0 Å². The van der Waals surface area contributed by atoms with Crippen molar-refractivity contribution >= 4 is 0 Å². The number of hydrogen-bond acceptors (Lipinski definition) is 2. The SMILES string of the molecule is CCC(C)[C@H](O)[C@H](N)c1ccc(C)c(F)c1F. The lowest BCUT2D eigenvalue weighted by atomic mass is 9.91. The fourth-order valence-corrected chi connectivity index (χ4v) is 1.70. The molecule has 1 rings (SSSR count). The summed E-state index contributed by atoms with van der Waals surface area (Å²) < 4.78 is 27.1. The van der Waals surface area contributed by atoms with Gasteiger partial charge in [0.2, 0.25) is 0 Å². The molecule has 0 aliphatic carbocycles. The first-order chi connectivity index (χ1) is 7.90. The van der Waals surface area contributed by atoms with Crippen molar-refractivity contribution in [2.24, 2.45) is 11.7 Å². The minimum atomic E-state index is -0.958. The van der Waals surface area contributed by atoms with Crippen molar-refractivity contribution in [2.75, 3.05) is 0 Å². The van der Waals surface area contributed by atoms with Gasteiger partial charge in [0.15, 0.2) is 11.6 Å². The molecular formula is C13H19F2NO. The lowest BCUT2D eigenvalue weighted by Gasteiger charge is -2.24. The minimum absolute atomic E-state index is 0.0286. The smallest absolute Gasteiger partial charge is 0.163 e. The van der Waals surface area contributed by atoms with Gasteiger partial charge in [-0.05, 0) is 18.4 Å². The zero-order valence-electron chi connectivity index (χ0n) is 10.4. The summed E-state index contributed by atoms with van der Waals surface area (Å²) in [6, 6.07) is 2.00. The van der Waals surface area contributed by atoms with Crippen molar-refractivity contribution in [3.05, 3.63) is 34.9 Å². The lowest BCUT2D eigenvalue weighted by molar-refractivity contribution is 0.0865. The van der Waals surface area contributed by atoms with Crippen LogP contribution in [-0.2, 0) is 0 Å². The third kappa shape index (κ3) is 2.82. The number of benzene rings is 1. The van der Waals surface area contributed by atoms with Crippen LogP contribution in [0.5, 0.6) is 0 Å². The van der Waals surface area contributed by atoms with Crippen LogP contribution in [0.4, 0.5) is 8.78 Å². The van der Waals surface area contributed by atoms with Gasteiger partial charge in [0.1, 0.15) is 0 Å². The molecule has 0 amide bonds. The average molecular weight is 243 g/mol. The van der Waals surface area contributed by atoms with Gasteiger partial charge in [0.25, 0.3) is 0 Å². The minimum Gasteiger partial charge on any atom is -0.391 e. The number of halogens is 2. The second kappa shape index (κ2) is 5.56. The fraction of sp³-hybridized carbons (Fsp3) is 0.538. The third-order valence-corrected chi connectivity index (χ3v) is 3.26. The van der Waals surface area contributed by atoms with Crippen LogP contribution >= 0.6 is 0 Å². The van der Waals surface area contributed by atoms with E-state index in [1.807, 2.05) is 13.8 Å². The van der Waals surface area contributed by atoms with E-state index < -0.39 is 23.8 Å². The number of aliphatic hydroxyl groups is 1. The summed E-state index contributed by atoms with van der Waals surface area (Å²) in [5.41, 5.74) is 6.04. The molecule has 0 bridgehead atoms. The summed E-state index contributed by atoms with van der Waals surface area (Å²) >= 11 is 0. The molecule has 4 heteroatoms. The fourth-order valence-electron chi connectivity index (χ4n) is 1.70. The van der Waals surface area contributed by atoms with Gasteiger partial charge in [-0.1, -0.05) is 32.4 Å². The quantitative estimate of drug-likeness (QED) is 0.854.